The predicted molar refractivity (Wildman–Crippen MR) is 74.0 cm³/mol. The van der Waals surface area contributed by atoms with Crippen LogP contribution in [0.25, 0.3) is 0 Å². The van der Waals surface area contributed by atoms with Gasteiger partial charge in [0.2, 0.25) is 0 Å². The minimum atomic E-state index is 0.775. The molecule has 0 bridgehead atoms. The van der Waals surface area contributed by atoms with Crippen LogP contribution in [-0.4, -0.2) is 38.8 Å². The first kappa shape index (κ1) is 18.0. The van der Waals surface area contributed by atoms with Gasteiger partial charge in [-0.05, 0) is 26.9 Å². The molecule has 0 fully saturated rings. The van der Waals surface area contributed by atoms with Crippen LogP contribution in [-0.2, 0) is 4.74 Å². The molecule has 0 aromatic rings. The van der Waals surface area contributed by atoms with Gasteiger partial charge in [0.25, 0.3) is 0 Å². The maximum Gasteiger partial charge on any atom is 0.0647 e. The van der Waals surface area contributed by atoms with Gasteiger partial charge in [0.05, 0.1) is 6.61 Å². The maximum atomic E-state index is 5.44. The van der Waals surface area contributed by atoms with Gasteiger partial charge in [0.15, 0.2) is 0 Å². The van der Waals surface area contributed by atoms with Crippen LogP contribution in [0.1, 0.15) is 46.5 Å². The summed E-state index contributed by atoms with van der Waals surface area (Å²) in [5.41, 5.74) is 0. The summed E-state index contributed by atoms with van der Waals surface area (Å²) < 4.78 is 5.44. The van der Waals surface area contributed by atoms with Gasteiger partial charge in [0, 0.05) is 13.2 Å². The van der Waals surface area contributed by atoms with Crippen LogP contribution in [0.15, 0.2) is 12.2 Å². The topological polar surface area (TPSA) is 12.5 Å². The summed E-state index contributed by atoms with van der Waals surface area (Å²) in [6.07, 6.45) is 9.18. The van der Waals surface area contributed by atoms with Crippen molar-refractivity contribution < 1.29 is 4.74 Å². The molecule has 0 aromatic carbocycles. The predicted octanol–water partition coefficient (Wildman–Crippen LogP) is 3.73. The van der Waals surface area contributed by atoms with Gasteiger partial charge in [-0.2, -0.15) is 0 Å². The van der Waals surface area contributed by atoms with Crippen LogP contribution in [0, 0.1) is 0 Å². The first-order valence-corrected chi connectivity index (χ1v) is 6.64. The molecule has 0 radical (unpaired) electrons. The Morgan fingerprint density at radius 3 is 2.31 bits per heavy atom. The van der Waals surface area contributed by atoms with E-state index >= 15 is 0 Å². The summed E-state index contributed by atoms with van der Waals surface area (Å²) >= 11 is 0. The third kappa shape index (κ3) is 19.3. The second-order valence-corrected chi connectivity index (χ2v) is 3.85. The van der Waals surface area contributed by atoms with Crippen molar-refractivity contribution in [3.05, 3.63) is 12.2 Å². The molecule has 0 aliphatic rings. The van der Waals surface area contributed by atoms with Crippen molar-refractivity contribution in [1.29, 1.82) is 0 Å². The molecule has 0 aliphatic carbocycles. The van der Waals surface area contributed by atoms with E-state index in [1.807, 2.05) is 13.8 Å². The standard InChI is InChI=1S/C12H25NO.C2H6/c1-4-5-8-11-14-12-9-6-7-10-13(2)3;1-2/h6,9H,4-5,7-8,10-12H2,1-3H3;1-2H3/b9-6+;. The van der Waals surface area contributed by atoms with Crippen molar-refractivity contribution in [3.8, 4) is 0 Å². The quantitative estimate of drug-likeness (QED) is 0.441. The Morgan fingerprint density at radius 2 is 1.75 bits per heavy atom. The smallest absolute Gasteiger partial charge is 0.0647 e. The minimum Gasteiger partial charge on any atom is -0.377 e. The molecule has 0 spiro atoms. The van der Waals surface area contributed by atoms with Gasteiger partial charge in [-0.25, -0.2) is 0 Å². The van der Waals surface area contributed by atoms with Crippen LogP contribution in [0.2, 0.25) is 0 Å². The molecule has 2 nitrogen and oxygen atoms in total. The van der Waals surface area contributed by atoms with Gasteiger partial charge in [0.1, 0.15) is 0 Å². The molecule has 0 amide bonds. The average molecular weight is 229 g/mol. The van der Waals surface area contributed by atoms with Gasteiger partial charge >= 0.3 is 0 Å². The summed E-state index contributed by atoms with van der Waals surface area (Å²) in [5, 5.41) is 0. The van der Waals surface area contributed by atoms with Crippen LogP contribution in [0.4, 0.5) is 0 Å². The number of hydrogen-bond acceptors (Lipinski definition) is 2. The van der Waals surface area contributed by atoms with Crippen molar-refractivity contribution in [3.63, 3.8) is 0 Å². The Hall–Kier alpha value is -0.340. The van der Waals surface area contributed by atoms with Crippen LogP contribution < -0.4 is 0 Å². The third-order valence-electron chi connectivity index (χ3n) is 2.02. The van der Waals surface area contributed by atoms with Gasteiger partial charge in [-0.15, -0.1) is 0 Å². The molecule has 0 aliphatic heterocycles. The molecule has 16 heavy (non-hydrogen) atoms. The summed E-state index contributed by atoms with van der Waals surface area (Å²) in [6.45, 7) is 9.01. The minimum absolute atomic E-state index is 0.775. The van der Waals surface area contributed by atoms with Crippen molar-refractivity contribution in [2.24, 2.45) is 0 Å². The summed E-state index contributed by atoms with van der Waals surface area (Å²) in [6, 6.07) is 0. The van der Waals surface area contributed by atoms with E-state index in [4.69, 9.17) is 4.74 Å². The molecular weight excluding hydrogens is 198 g/mol. The van der Waals surface area contributed by atoms with E-state index in [-0.39, 0.29) is 0 Å². The Labute approximate surface area is 103 Å². The fraction of sp³-hybridized carbons (Fsp3) is 0.857. The lowest BCUT2D eigenvalue weighted by Crippen LogP contribution is -2.11. The lowest BCUT2D eigenvalue weighted by atomic mass is 10.3. The average Bonchev–Trinajstić information content (AvgIpc) is 2.29. The van der Waals surface area contributed by atoms with Crippen molar-refractivity contribution in [2.75, 3.05) is 33.9 Å². The fourth-order valence-electron chi connectivity index (χ4n) is 1.12. The van der Waals surface area contributed by atoms with Crippen LogP contribution in [0.5, 0.6) is 0 Å². The Bertz CT molecular complexity index is 133. The molecule has 0 heterocycles. The van der Waals surface area contributed by atoms with E-state index in [1.165, 1.54) is 19.3 Å². The first-order chi connectivity index (χ1) is 7.77. The Balaban J connectivity index is 0. The highest BCUT2D eigenvalue weighted by molar-refractivity contribution is 4.81. The monoisotopic (exact) mass is 229 g/mol. The maximum absolute atomic E-state index is 5.44. The second-order valence-electron chi connectivity index (χ2n) is 3.85. The molecule has 0 saturated carbocycles. The molecule has 0 aromatic heterocycles. The summed E-state index contributed by atoms with van der Waals surface area (Å²) in [4.78, 5) is 2.19. The zero-order valence-electron chi connectivity index (χ0n) is 12.0. The molecule has 0 atom stereocenters. The van der Waals surface area contributed by atoms with Gasteiger partial charge < -0.3 is 9.64 Å². The third-order valence-corrected chi connectivity index (χ3v) is 2.02. The lowest BCUT2D eigenvalue weighted by molar-refractivity contribution is 0.157. The van der Waals surface area contributed by atoms with E-state index in [0.29, 0.717) is 0 Å². The van der Waals surface area contributed by atoms with Crippen LogP contribution in [0.3, 0.4) is 0 Å². The van der Waals surface area contributed by atoms with E-state index < -0.39 is 0 Å². The number of ether oxygens (including phenoxy) is 1. The number of rotatable bonds is 9. The Morgan fingerprint density at radius 1 is 1.06 bits per heavy atom. The second kappa shape index (κ2) is 17.1. The zero-order valence-corrected chi connectivity index (χ0v) is 12.0. The summed E-state index contributed by atoms with van der Waals surface area (Å²) in [5.74, 6) is 0. The highest BCUT2D eigenvalue weighted by Gasteiger charge is 1.86. The number of unbranched alkanes of at least 4 members (excludes halogenated alkanes) is 2. The van der Waals surface area contributed by atoms with Gasteiger partial charge in [-0.3, -0.25) is 0 Å². The molecule has 0 unspecified atom stereocenters. The largest absolute Gasteiger partial charge is 0.377 e. The van der Waals surface area contributed by atoms with Crippen molar-refractivity contribution >= 4 is 0 Å². The van der Waals surface area contributed by atoms with E-state index in [9.17, 15) is 0 Å². The SMILES string of the molecule is CC.CCCCCOC/C=C/CCN(C)C. The zero-order chi connectivity index (χ0) is 12.6. The van der Waals surface area contributed by atoms with Crippen LogP contribution >= 0.6 is 0 Å². The van der Waals surface area contributed by atoms with Crippen molar-refractivity contribution in [1.82, 2.24) is 4.90 Å². The summed E-state index contributed by atoms with van der Waals surface area (Å²) in [7, 11) is 4.18. The van der Waals surface area contributed by atoms with E-state index in [2.05, 4.69) is 38.1 Å². The van der Waals surface area contributed by atoms with Crippen molar-refractivity contribution in [2.45, 2.75) is 46.5 Å². The Kier molecular flexibility index (Phi) is 19.2. The molecule has 2 heteroatoms. The molecule has 98 valence electrons. The van der Waals surface area contributed by atoms with E-state index in [1.54, 1.807) is 0 Å². The highest BCUT2D eigenvalue weighted by Crippen LogP contribution is 1.94. The first-order valence-electron chi connectivity index (χ1n) is 6.64. The molecule has 0 rings (SSSR count). The number of hydrogen-bond donors (Lipinski definition) is 0. The lowest BCUT2D eigenvalue weighted by Gasteiger charge is -2.05. The highest BCUT2D eigenvalue weighted by atomic mass is 16.5. The van der Waals surface area contributed by atoms with Gasteiger partial charge in [-0.1, -0.05) is 45.8 Å². The molecular formula is C14H31NO. The normalized spacial score (nSPS) is 10.6. The number of nitrogens with zero attached hydrogens (tertiary/aromatic N) is 1. The molecule has 0 N–H and O–H groups in total. The fourth-order valence-corrected chi connectivity index (χ4v) is 1.12. The van der Waals surface area contributed by atoms with E-state index in [0.717, 1.165) is 26.2 Å². The molecule has 0 saturated heterocycles.